The molecule has 0 amide bonds. The van der Waals surface area contributed by atoms with Crippen LogP contribution in [-0.2, 0) is 19.9 Å². The Morgan fingerprint density at radius 2 is 2.12 bits per heavy atom. The van der Waals surface area contributed by atoms with Crippen molar-refractivity contribution in [3.63, 3.8) is 0 Å². The maximum absolute atomic E-state index is 4.53. The van der Waals surface area contributed by atoms with Crippen molar-refractivity contribution >= 4 is 0 Å². The molecule has 2 rings (SSSR count). The molecule has 1 aliphatic rings. The van der Waals surface area contributed by atoms with E-state index in [-0.39, 0.29) is 0 Å². The van der Waals surface area contributed by atoms with E-state index >= 15 is 0 Å². The summed E-state index contributed by atoms with van der Waals surface area (Å²) in [5.74, 6) is 1.78. The highest BCUT2D eigenvalue weighted by Crippen LogP contribution is 2.32. The van der Waals surface area contributed by atoms with E-state index in [1.165, 1.54) is 43.5 Å². The fraction of sp³-hybridized carbons (Fsp3) is 0.786. The van der Waals surface area contributed by atoms with Crippen molar-refractivity contribution in [1.82, 2.24) is 9.78 Å². The number of aryl methyl sites for hydroxylation is 2. The van der Waals surface area contributed by atoms with Crippen molar-refractivity contribution in [2.45, 2.75) is 52.4 Å². The van der Waals surface area contributed by atoms with E-state index in [1.54, 1.807) is 0 Å². The first-order chi connectivity index (χ1) is 7.70. The largest absolute Gasteiger partial charge is 0.272 e. The summed E-state index contributed by atoms with van der Waals surface area (Å²) >= 11 is 0. The van der Waals surface area contributed by atoms with Crippen LogP contribution in [0.25, 0.3) is 0 Å². The summed E-state index contributed by atoms with van der Waals surface area (Å²) < 4.78 is 2.07. The molecule has 0 aromatic carbocycles. The van der Waals surface area contributed by atoms with E-state index in [1.807, 2.05) is 0 Å². The third kappa shape index (κ3) is 2.47. The molecular formula is C14H24N2. The van der Waals surface area contributed by atoms with E-state index in [0.717, 1.165) is 18.3 Å². The Bertz CT molecular complexity index is 335. The smallest absolute Gasteiger partial charge is 0.0624 e. The van der Waals surface area contributed by atoms with Crippen LogP contribution in [0.2, 0.25) is 0 Å². The van der Waals surface area contributed by atoms with Gasteiger partial charge in [-0.1, -0.05) is 39.5 Å². The van der Waals surface area contributed by atoms with Crippen LogP contribution in [-0.4, -0.2) is 9.78 Å². The quantitative estimate of drug-likeness (QED) is 0.761. The Morgan fingerprint density at radius 3 is 2.69 bits per heavy atom. The number of nitrogens with zero attached hydrogens (tertiary/aromatic N) is 2. The Labute approximate surface area is 99.0 Å². The van der Waals surface area contributed by atoms with Crippen LogP contribution in [0.1, 0.15) is 50.9 Å². The second kappa shape index (κ2) is 5.03. The average Bonchev–Trinajstić information content (AvgIpc) is 2.88. The topological polar surface area (TPSA) is 17.8 Å². The molecule has 1 unspecified atom stereocenters. The van der Waals surface area contributed by atoms with Gasteiger partial charge in [0.25, 0.3) is 0 Å². The maximum Gasteiger partial charge on any atom is 0.0624 e. The first-order valence-corrected chi connectivity index (χ1v) is 6.72. The Kier molecular flexibility index (Phi) is 3.67. The third-order valence-corrected chi connectivity index (χ3v) is 4.13. The minimum atomic E-state index is 0.822. The lowest BCUT2D eigenvalue weighted by molar-refractivity contribution is 0.358. The molecule has 0 radical (unpaired) electrons. The van der Waals surface area contributed by atoms with Gasteiger partial charge in [-0.3, -0.25) is 4.68 Å². The molecule has 0 bridgehead atoms. The summed E-state index contributed by atoms with van der Waals surface area (Å²) in [6.45, 7) is 4.58. The predicted molar refractivity (Wildman–Crippen MR) is 67.4 cm³/mol. The summed E-state index contributed by atoms with van der Waals surface area (Å²) in [7, 11) is 2.08. The van der Waals surface area contributed by atoms with Crippen LogP contribution < -0.4 is 0 Å². The van der Waals surface area contributed by atoms with E-state index in [2.05, 4.69) is 36.7 Å². The van der Waals surface area contributed by atoms with Crippen LogP contribution >= 0.6 is 0 Å². The second-order valence-corrected chi connectivity index (χ2v) is 5.33. The lowest BCUT2D eigenvalue weighted by Gasteiger charge is -2.18. The van der Waals surface area contributed by atoms with Gasteiger partial charge in [-0.15, -0.1) is 0 Å². The molecule has 1 fully saturated rings. The van der Waals surface area contributed by atoms with Crippen molar-refractivity contribution in [1.29, 1.82) is 0 Å². The SMILES string of the molecule is CCc1cc(CC(C)C2CCCC2)n(C)n1. The minimum Gasteiger partial charge on any atom is -0.272 e. The van der Waals surface area contributed by atoms with Crippen molar-refractivity contribution in [3.8, 4) is 0 Å². The lowest BCUT2D eigenvalue weighted by atomic mass is 9.89. The maximum atomic E-state index is 4.53. The first-order valence-electron chi connectivity index (χ1n) is 6.72. The third-order valence-electron chi connectivity index (χ3n) is 4.13. The van der Waals surface area contributed by atoms with Crippen molar-refractivity contribution in [3.05, 3.63) is 17.5 Å². The van der Waals surface area contributed by atoms with Gasteiger partial charge < -0.3 is 0 Å². The molecule has 1 aromatic heterocycles. The molecule has 16 heavy (non-hydrogen) atoms. The fourth-order valence-corrected chi connectivity index (χ4v) is 2.96. The van der Waals surface area contributed by atoms with Crippen LogP contribution in [0.5, 0.6) is 0 Å². The molecule has 1 atom stereocenters. The molecule has 1 aliphatic carbocycles. The second-order valence-electron chi connectivity index (χ2n) is 5.33. The van der Waals surface area contributed by atoms with Crippen molar-refractivity contribution < 1.29 is 0 Å². The summed E-state index contributed by atoms with van der Waals surface area (Å²) in [5.41, 5.74) is 2.65. The highest BCUT2D eigenvalue weighted by Gasteiger charge is 2.22. The van der Waals surface area contributed by atoms with Crippen molar-refractivity contribution in [2.75, 3.05) is 0 Å². The summed E-state index contributed by atoms with van der Waals surface area (Å²) in [4.78, 5) is 0. The lowest BCUT2D eigenvalue weighted by Crippen LogP contribution is -2.13. The van der Waals surface area contributed by atoms with Gasteiger partial charge in [0.05, 0.1) is 5.69 Å². The zero-order chi connectivity index (χ0) is 11.5. The van der Waals surface area contributed by atoms with Gasteiger partial charge in [0.1, 0.15) is 0 Å². The normalized spacial score (nSPS) is 19.2. The monoisotopic (exact) mass is 220 g/mol. The highest BCUT2D eigenvalue weighted by molar-refractivity contribution is 5.11. The summed E-state index contributed by atoms with van der Waals surface area (Å²) in [5, 5.41) is 4.53. The molecule has 2 nitrogen and oxygen atoms in total. The molecule has 0 aliphatic heterocycles. The Balaban J connectivity index is 1.99. The fourth-order valence-electron chi connectivity index (χ4n) is 2.96. The highest BCUT2D eigenvalue weighted by atomic mass is 15.3. The van der Waals surface area contributed by atoms with Gasteiger partial charge in [-0.25, -0.2) is 0 Å². The molecule has 2 heteroatoms. The minimum absolute atomic E-state index is 0.822. The standard InChI is InChI=1S/C14H24N2/c1-4-13-10-14(16(3)15-13)9-11(2)12-7-5-6-8-12/h10-12H,4-9H2,1-3H3. The molecule has 1 saturated carbocycles. The molecule has 1 aromatic rings. The van der Waals surface area contributed by atoms with Gasteiger partial charge in [-0.05, 0) is 30.7 Å². The van der Waals surface area contributed by atoms with Crippen molar-refractivity contribution in [2.24, 2.45) is 18.9 Å². The molecule has 0 N–H and O–H groups in total. The number of aromatic nitrogens is 2. The Morgan fingerprint density at radius 1 is 1.44 bits per heavy atom. The zero-order valence-corrected chi connectivity index (χ0v) is 10.9. The van der Waals surface area contributed by atoms with E-state index in [9.17, 15) is 0 Å². The molecule has 0 saturated heterocycles. The van der Waals surface area contributed by atoms with E-state index in [0.29, 0.717) is 0 Å². The zero-order valence-electron chi connectivity index (χ0n) is 10.9. The molecular weight excluding hydrogens is 196 g/mol. The Hall–Kier alpha value is -0.790. The van der Waals surface area contributed by atoms with Gasteiger partial charge in [0.15, 0.2) is 0 Å². The molecule has 0 spiro atoms. The number of rotatable bonds is 4. The van der Waals surface area contributed by atoms with Gasteiger partial charge >= 0.3 is 0 Å². The van der Waals surface area contributed by atoms with Crippen LogP contribution in [0.3, 0.4) is 0 Å². The van der Waals surface area contributed by atoms with Crippen LogP contribution in [0, 0.1) is 11.8 Å². The first kappa shape index (κ1) is 11.7. The number of hydrogen-bond donors (Lipinski definition) is 0. The van der Waals surface area contributed by atoms with Crippen LogP contribution in [0.15, 0.2) is 6.07 Å². The molecule has 1 heterocycles. The van der Waals surface area contributed by atoms with E-state index < -0.39 is 0 Å². The summed E-state index contributed by atoms with van der Waals surface area (Å²) in [6.07, 6.45) is 8.03. The van der Waals surface area contributed by atoms with Crippen LogP contribution in [0.4, 0.5) is 0 Å². The summed E-state index contributed by atoms with van der Waals surface area (Å²) in [6, 6.07) is 2.28. The van der Waals surface area contributed by atoms with Gasteiger partial charge in [0, 0.05) is 12.7 Å². The number of hydrogen-bond acceptors (Lipinski definition) is 1. The predicted octanol–water partition coefficient (Wildman–Crippen LogP) is 3.35. The van der Waals surface area contributed by atoms with E-state index in [4.69, 9.17) is 0 Å². The van der Waals surface area contributed by atoms with Gasteiger partial charge in [-0.2, -0.15) is 5.10 Å². The average molecular weight is 220 g/mol. The van der Waals surface area contributed by atoms with Gasteiger partial charge in [0.2, 0.25) is 0 Å². The molecule has 90 valence electrons.